The van der Waals surface area contributed by atoms with Crippen molar-refractivity contribution in [3.63, 3.8) is 0 Å². The number of aromatic nitrogens is 2. The molecule has 6 nitrogen and oxygen atoms in total. The van der Waals surface area contributed by atoms with Crippen molar-refractivity contribution in [2.75, 3.05) is 5.43 Å². The number of halogens is 2. The predicted octanol–water partition coefficient (Wildman–Crippen LogP) is 4.08. The third-order valence-corrected chi connectivity index (χ3v) is 4.06. The Morgan fingerprint density at radius 1 is 1.04 bits per heavy atom. The fourth-order valence-corrected chi connectivity index (χ4v) is 2.54. The Hall–Kier alpha value is -2.96. The number of hydrogen-bond donors (Lipinski definition) is 2. The number of nitrogens with zero attached hydrogens (tertiary/aromatic N) is 2. The minimum absolute atomic E-state index is 0.0342. The van der Waals surface area contributed by atoms with Crippen LogP contribution in [0.3, 0.4) is 0 Å². The number of Topliss-reactive ketones (excluding diaryl/α,β-unsaturated/α-hetero) is 1. The first-order valence-corrected chi connectivity index (χ1v) is 8.66. The molecule has 2 aromatic carbocycles. The molecule has 0 saturated carbocycles. The van der Waals surface area contributed by atoms with Gasteiger partial charge in [-0.05, 0) is 55.5 Å². The highest BCUT2D eigenvalue weighted by Gasteiger charge is 2.19. The molecule has 0 aliphatic carbocycles. The number of nitrogens with one attached hydrogen (secondary N) is 2. The highest BCUT2D eigenvalue weighted by molar-refractivity contribution is 6.50. The first-order chi connectivity index (χ1) is 12.9. The zero-order chi connectivity index (χ0) is 19.4. The van der Waals surface area contributed by atoms with Crippen molar-refractivity contribution < 1.29 is 4.79 Å². The quantitative estimate of drug-likeness (QED) is 0.383. The highest BCUT2D eigenvalue weighted by Crippen LogP contribution is 2.15. The van der Waals surface area contributed by atoms with Crippen LogP contribution in [-0.2, 0) is 0 Å². The average molecular weight is 401 g/mol. The number of carbonyl (C=O) groups is 1. The zero-order valence-electron chi connectivity index (χ0n) is 14.2. The second-order valence-electron chi connectivity index (χ2n) is 5.65. The lowest BCUT2D eigenvalue weighted by atomic mass is 10.1. The minimum Gasteiger partial charge on any atom is -0.305 e. The number of H-pyrrole nitrogens is 1. The SMILES string of the molecule is Cc1cc(=O)[nH]c(/C(=N/Nc2ccc(Cl)cc2)C(=O)c2ccc(Cl)cc2)n1. The molecular weight excluding hydrogens is 387 g/mol. The molecule has 1 heterocycles. The average Bonchev–Trinajstić information content (AvgIpc) is 2.63. The van der Waals surface area contributed by atoms with Gasteiger partial charge in [0.05, 0.1) is 5.69 Å². The Balaban J connectivity index is 2.03. The lowest BCUT2D eigenvalue weighted by Crippen LogP contribution is -2.24. The number of carbonyl (C=O) groups excluding carboxylic acids is 1. The summed E-state index contributed by atoms with van der Waals surface area (Å²) >= 11 is 11.8. The summed E-state index contributed by atoms with van der Waals surface area (Å²) in [7, 11) is 0. The smallest absolute Gasteiger partial charge is 0.251 e. The maximum Gasteiger partial charge on any atom is 0.251 e. The fourth-order valence-electron chi connectivity index (χ4n) is 2.29. The fraction of sp³-hybridized carbons (Fsp3) is 0.0526. The number of hydrogen-bond acceptors (Lipinski definition) is 5. The van der Waals surface area contributed by atoms with E-state index in [1.165, 1.54) is 6.07 Å². The van der Waals surface area contributed by atoms with Gasteiger partial charge in [-0.2, -0.15) is 5.10 Å². The van der Waals surface area contributed by atoms with Crippen molar-refractivity contribution >= 4 is 40.4 Å². The molecule has 0 amide bonds. The van der Waals surface area contributed by atoms with Crippen LogP contribution in [0.5, 0.6) is 0 Å². The first kappa shape index (κ1) is 18.8. The topological polar surface area (TPSA) is 87.2 Å². The molecule has 27 heavy (non-hydrogen) atoms. The summed E-state index contributed by atoms with van der Waals surface area (Å²) < 4.78 is 0. The van der Waals surface area contributed by atoms with E-state index in [-0.39, 0.29) is 17.1 Å². The van der Waals surface area contributed by atoms with Crippen molar-refractivity contribution in [3.05, 3.63) is 92.1 Å². The lowest BCUT2D eigenvalue weighted by molar-refractivity contribution is 0.106. The van der Waals surface area contributed by atoms with Crippen LogP contribution in [0.15, 0.2) is 64.5 Å². The van der Waals surface area contributed by atoms with Gasteiger partial charge in [-0.1, -0.05) is 23.2 Å². The Morgan fingerprint density at radius 3 is 2.22 bits per heavy atom. The summed E-state index contributed by atoms with van der Waals surface area (Å²) in [4.78, 5) is 31.6. The van der Waals surface area contributed by atoms with Gasteiger partial charge in [0.1, 0.15) is 0 Å². The Labute approximate surface area is 164 Å². The molecule has 0 bridgehead atoms. The molecule has 8 heteroatoms. The number of aromatic amines is 1. The first-order valence-electron chi connectivity index (χ1n) is 7.90. The number of hydrazone groups is 1. The maximum atomic E-state index is 13.0. The largest absolute Gasteiger partial charge is 0.305 e. The van der Waals surface area contributed by atoms with Crippen molar-refractivity contribution in [1.82, 2.24) is 9.97 Å². The number of rotatable bonds is 5. The highest BCUT2D eigenvalue weighted by atomic mass is 35.5. The van der Waals surface area contributed by atoms with Crippen LogP contribution >= 0.6 is 23.2 Å². The van der Waals surface area contributed by atoms with Gasteiger partial charge >= 0.3 is 0 Å². The van der Waals surface area contributed by atoms with E-state index in [1.54, 1.807) is 55.5 Å². The monoisotopic (exact) mass is 400 g/mol. The van der Waals surface area contributed by atoms with Gasteiger partial charge in [0.25, 0.3) is 5.56 Å². The van der Waals surface area contributed by atoms with E-state index in [0.29, 0.717) is 27.0 Å². The van der Waals surface area contributed by atoms with Gasteiger partial charge in [0.15, 0.2) is 11.5 Å². The van der Waals surface area contributed by atoms with E-state index in [1.807, 2.05) is 0 Å². The molecule has 3 rings (SSSR count). The molecule has 0 atom stereocenters. The van der Waals surface area contributed by atoms with Crippen LogP contribution in [0.4, 0.5) is 5.69 Å². The Morgan fingerprint density at radius 2 is 1.63 bits per heavy atom. The molecule has 0 fully saturated rings. The van der Waals surface area contributed by atoms with E-state index >= 15 is 0 Å². The van der Waals surface area contributed by atoms with E-state index in [9.17, 15) is 9.59 Å². The zero-order valence-corrected chi connectivity index (χ0v) is 15.7. The van der Waals surface area contributed by atoms with E-state index < -0.39 is 5.78 Å². The van der Waals surface area contributed by atoms with Gasteiger partial charge in [-0.25, -0.2) is 4.98 Å². The number of aryl methyl sites for hydroxylation is 1. The summed E-state index contributed by atoms with van der Waals surface area (Å²) in [5, 5.41) is 5.26. The van der Waals surface area contributed by atoms with E-state index in [4.69, 9.17) is 23.2 Å². The second kappa shape index (κ2) is 8.16. The molecule has 0 aliphatic rings. The summed E-state index contributed by atoms with van der Waals surface area (Å²) in [5.74, 6) is -0.344. The molecule has 0 spiro atoms. The van der Waals surface area contributed by atoms with Crippen molar-refractivity contribution in [3.8, 4) is 0 Å². The third-order valence-electron chi connectivity index (χ3n) is 3.56. The van der Waals surface area contributed by atoms with Crippen LogP contribution in [0.25, 0.3) is 0 Å². The Bertz CT molecular complexity index is 1060. The summed E-state index contributed by atoms with van der Waals surface area (Å²) in [5.41, 5.74) is 3.83. The van der Waals surface area contributed by atoms with Gasteiger partial charge in [-0.3, -0.25) is 15.0 Å². The normalized spacial score (nSPS) is 11.3. The van der Waals surface area contributed by atoms with Crippen molar-refractivity contribution in [1.29, 1.82) is 0 Å². The summed E-state index contributed by atoms with van der Waals surface area (Å²) in [6.07, 6.45) is 0. The number of benzene rings is 2. The molecule has 3 aromatic rings. The predicted molar refractivity (Wildman–Crippen MR) is 107 cm³/mol. The summed E-state index contributed by atoms with van der Waals surface area (Å²) in [6.45, 7) is 1.66. The van der Waals surface area contributed by atoms with E-state index in [0.717, 1.165) is 0 Å². The molecule has 0 radical (unpaired) electrons. The third kappa shape index (κ3) is 4.81. The number of anilines is 1. The minimum atomic E-state index is -0.415. The van der Waals surface area contributed by atoms with Gasteiger partial charge in [-0.15, -0.1) is 0 Å². The van der Waals surface area contributed by atoms with E-state index in [2.05, 4.69) is 20.5 Å². The molecule has 1 aromatic heterocycles. The maximum absolute atomic E-state index is 13.0. The van der Waals surface area contributed by atoms with Crippen LogP contribution in [0.1, 0.15) is 21.9 Å². The Kier molecular flexibility index (Phi) is 5.69. The lowest BCUT2D eigenvalue weighted by Gasteiger charge is -2.08. The van der Waals surface area contributed by atoms with Crippen molar-refractivity contribution in [2.24, 2.45) is 5.10 Å². The molecule has 2 N–H and O–H groups in total. The van der Waals surface area contributed by atoms with Crippen LogP contribution in [0, 0.1) is 6.92 Å². The van der Waals surface area contributed by atoms with Crippen LogP contribution in [0.2, 0.25) is 10.0 Å². The van der Waals surface area contributed by atoms with Gasteiger partial charge < -0.3 is 4.98 Å². The van der Waals surface area contributed by atoms with Crippen molar-refractivity contribution in [2.45, 2.75) is 6.92 Å². The summed E-state index contributed by atoms with van der Waals surface area (Å²) in [6, 6.07) is 14.5. The molecule has 0 aliphatic heterocycles. The van der Waals surface area contributed by atoms with Crippen LogP contribution in [-0.4, -0.2) is 21.5 Å². The van der Waals surface area contributed by atoms with Gasteiger partial charge in [0, 0.05) is 27.4 Å². The molecular formula is C19H14Cl2N4O2. The molecule has 0 saturated heterocycles. The molecule has 136 valence electrons. The standard InChI is InChI=1S/C19H14Cl2N4O2/c1-11-10-16(26)23-19(22-11)17(18(27)12-2-4-13(20)5-3-12)25-24-15-8-6-14(21)7-9-15/h2-10,24H,1H3,(H,22,23,26)/b25-17+. The van der Waals surface area contributed by atoms with Crippen LogP contribution < -0.4 is 11.0 Å². The number of ketones is 1. The second-order valence-corrected chi connectivity index (χ2v) is 6.52. The van der Waals surface area contributed by atoms with Gasteiger partial charge in [0.2, 0.25) is 5.78 Å². The molecule has 0 unspecified atom stereocenters.